The number of aromatic nitrogens is 4. The fourth-order valence-corrected chi connectivity index (χ4v) is 4.02. The predicted molar refractivity (Wildman–Crippen MR) is 110 cm³/mol. The van der Waals surface area contributed by atoms with E-state index in [1.54, 1.807) is 24.5 Å². The van der Waals surface area contributed by atoms with Crippen molar-refractivity contribution in [2.24, 2.45) is 0 Å². The Hall–Kier alpha value is -2.74. The number of rotatable bonds is 7. The molecule has 2 atom stereocenters. The van der Waals surface area contributed by atoms with Gasteiger partial charge in [0.1, 0.15) is 5.82 Å². The van der Waals surface area contributed by atoms with Crippen LogP contribution in [0.1, 0.15) is 44.3 Å². The molecule has 0 bridgehead atoms. The zero-order valence-electron chi connectivity index (χ0n) is 16.2. The molecule has 1 amide bonds. The van der Waals surface area contributed by atoms with Gasteiger partial charge in [0.15, 0.2) is 11.0 Å². The number of halogens is 1. The molecule has 2 heterocycles. The largest absolute Gasteiger partial charge is 0.349 e. The summed E-state index contributed by atoms with van der Waals surface area (Å²) in [6, 6.07) is 10.2. The van der Waals surface area contributed by atoms with E-state index in [0.717, 1.165) is 34.9 Å². The summed E-state index contributed by atoms with van der Waals surface area (Å²) in [6.45, 7) is 3.74. The van der Waals surface area contributed by atoms with Crippen LogP contribution in [0.4, 0.5) is 4.39 Å². The molecule has 1 aromatic carbocycles. The third-order valence-electron chi connectivity index (χ3n) is 4.90. The number of hydrogen-bond acceptors (Lipinski definition) is 5. The monoisotopic (exact) mass is 411 g/mol. The number of thioether (sulfide) groups is 1. The summed E-state index contributed by atoms with van der Waals surface area (Å²) in [7, 11) is 0. The van der Waals surface area contributed by atoms with Crippen LogP contribution in [0, 0.1) is 5.82 Å². The lowest BCUT2D eigenvalue weighted by Gasteiger charge is -2.18. The second-order valence-corrected chi connectivity index (χ2v) is 8.49. The molecule has 8 heteroatoms. The van der Waals surface area contributed by atoms with Gasteiger partial charge in [0.05, 0.1) is 11.3 Å². The molecule has 1 saturated carbocycles. The molecule has 0 radical (unpaired) electrons. The van der Waals surface area contributed by atoms with Crippen molar-refractivity contribution in [1.29, 1.82) is 0 Å². The average molecular weight is 412 g/mol. The lowest BCUT2D eigenvalue weighted by atomic mass is 10.1. The highest BCUT2D eigenvalue weighted by atomic mass is 32.2. The summed E-state index contributed by atoms with van der Waals surface area (Å²) >= 11 is 1.40. The zero-order valence-corrected chi connectivity index (χ0v) is 17.1. The molecule has 1 N–H and O–H groups in total. The third-order valence-corrected chi connectivity index (χ3v) is 5.95. The molecule has 4 rings (SSSR count). The van der Waals surface area contributed by atoms with Crippen LogP contribution in [0.5, 0.6) is 0 Å². The predicted octanol–water partition coefficient (Wildman–Crippen LogP) is 4.17. The quantitative estimate of drug-likeness (QED) is 0.591. The summed E-state index contributed by atoms with van der Waals surface area (Å²) in [5, 5.41) is 12.1. The second-order valence-electron chi connectivity index (χ2n) is 7.19. The molecular formula is C21H22FN5OS. The molecule has 0 spiro atoms. The topological polar surface area (TPSA) is 72.7 Å². The van der Waals surface area contributed by atoms with Crippen LogP contribution in [0.15, 0.2) is 53.9 Å². The second kappa shape index (κ2) is 8.32. The minimum absolute atomic E-state index is 0.0948. The van der Waals surface area contributed by atoms with E-state index in [4.69, 9.17) is 0 Å². The molecule has 2 aromatic heterocycles. The van der Waals surface area contributed by atoms with Crippen molar-refractivity contribution in [3.63, 3.8) is 0 Å². The van der Waals surface area contributed by atoms with Crippen LogP contribution in [-0.2, 0) is 4.79 Å². The Morgan fingerprint density at radius 1 is 1.14 bits per heavy atom. The average Bonchev–Trinajstić information content (AvgIpc) is 3.49. The summed E-state index contributed by atoms with van der Waals surface area (Å²) in [5.74, 6) is 0.424. The lowest BCUT2D eigenvalue weighted by Crippen LogP contribution is -2.33. The molecule has 29 heavy (non-hydrogen) atoms. The summed E-state index contributed by atoms with van der Waals surface area (Å²) in [6.07, 6.45) is 5.65. The number of nitrogens with zero attached hydrogens (tertiary/aromatic N) is 4. The Morgan fingerprint density at radius 2 is 1.83 bits per heavy atom. The Morgan fingerprint density at radius 3 is 2.48 bits per heavy atom. The van der Waals surface area contributed by atoms with Crippen LogP contribution >= 0.6 is 11.8 Å². The Bertz CT molecular complexity index is 988. The van der Waals surface area contributed by atoms with E-state index < -0.39 is 0 Å². The SMILES string of the molecule is CC(Sc1nnc(-c2ccncc2)n1C1CC1)C(=O)NC(C)c1ccc(F)cc1. The van der Waals surface area contributed by atoms with E-state index in [-0.39, 0.29) is 23.0 Å². The van der Waals surface area contributed by atoms with Crippen LogP contribution in [0.2, 0.25) is 0 Å². The molecule has 0 saturated heterocycles. The fourth-order valence-electron chi connectivity index (χ4n) is 3.09. The van der Waals surface area contributed by atoms with Gasteiger partial charge in [-0.25, -0.2) is 4.39 Å². The highest BCUT2D eigenvalue weighted by molar-refractivity contribution is 8.00. The Labute approximate surface area is 173 Å². The smallest absolute Gasteiger partial charge is 0.233 e. The van der Waals surface area contributed by atoms with Crippen molar-refractivity contribution in [3.8, 4) is 11.4 Å². The number of carbonyl (C=O) groups is 1. The first kappa shape index (κ1) is 19.6. The summed E-state index contributed by atoms with van der Waals surface area (Å²) in [4.78, 5) is 16.8. The van der Waals surface area contributed by atoms with Crippen molar-refractivity contribution in [2.45, 2.75) is 49.2 Å². The van der Waals surface area contributed by atoms with E-state index in [9.17, 15) is 9.18 Å². The Kier molecular flexibility index (Phi) is 5.62. The van der Waals surface area contributed by atoms with Gasteiger partial charge >= 0.3 is 0 Å². The van der Waals surface area contributed by atoms with Crippen molar-refractivity contribution < 1.29 is 9.18 Å². The van der Waals surface area contributed by atoms with Crippen LogP contribution < -0.4 is 5.32 Å². The highest BCUT2D eigenvalue weighted by Gasteiger charge is 2.31. The maximum Gasteiger partial charge on any atom is 0.233 e. The number of pyridine rings is 1. The highest BCUT2D eigenvalue weighted by Crippen LogP contribution is 2.41. The molecule has 1 aliphatic rings. The van der Waals surface area contributed by atoms with Gasteiger partial charge < -0.3 is 5.32 Å². The van der Waals surface area contributed by atoms with Crippen molar-refractivity contribution in [2.75, 3.05) is 0 Å². The first-order chi connectivity index (χ1) is 14.0. The lowest BCUT2D eigenvalue weighted by molar-refractivity contribution is -0.120. The van der Waals surface area contributed by atoms with Gasteiger partial charge in [-0.2, -0.15) is 0 Å². The van der Waals surface area contributed by atoms with Gasteiger partial charge in [0.25, 0.3) is 0 Å². The molecule has 1 fully saturated rings. The molecular weight excluding hydrogens is 389 g/mol. The molecule has 3 aromatic rings. The van der Waals surface area contributed by atoms with Crippen molar-refractivity contribution >= 4 is 17.7 Å². The normalized spacial score (nSPS) is 15.7. The first-order valence-electron chi connectivity index (χ1n) is 9.60. The number of amides is 1. The van der Waals surface area contributed by atoms with Gasteiger partial charge in [0.2, 0.25) is 5.91 Å². The number of nitrogens with one attached hydrogen (secondary N) is 1. The van der Waals surface area contributed by atoms with Crippen molar-refractivity contribution in [3.05, 3.63) is 60.2 Å². The van der Waals surface area contributed by atoms with Crippen LogP contribution in [0.25, 0.3) is 11.4 Å². The minimum Gasteiger partial charge on any atom is -0.349 e. The molecule has 1 aliphatic carbocycles. The van der Waals surface area contributed by atoms with Gasteiger partial charge in [-0.3, -0.25) is 14.3 Å². The zero-order chi connectivity index (χ0) is 20.4. The van der Waals surface area contributed by atoms with Crippen LogP contribution in [-0.4, -0.2) is 30.9 Å². The molecule has 2 unspecified atom stereocenters. The standard InChI is InChI=1S/C21H22FN5OS/c1-13(15-3-5-17(22)6-4-15)24-20(28)14(2)29-21-26-25-19(27(21)18-7-8-18)16-9-11-23-12-10-16/h3-6,9-14,18H,7-8H2,1-2H3,(H,24,28). The van der Waals surface area contributed by atoms with E-state index in [0.29, 0.717) is 6.04 Å². The maximum absolute atomic E-state index is 13.1. The Balaban J connectivity index is 1.47. The van der Waals surface area contributed by atoms with Gasteiger partial charge in [-0.15, -0.1) is 10.2 Å². The van der Waals surface area contributed by atoms with Gasteiger partial charge in [0, 0.05) is 24.0 Å². The van der Waals surface area contributed by atoms with E-state index in [1.807, 2.05) is 26.0 Å². The molecule has 0 aliphatic heterocycles. The number of hydrogen-bond donors (Lipinski definition) is 1. The minimum atomic E-state index is -0.343. The van der Waals surface area contributed by atoms with Crippen LogP contribution in [0.3, 0.4) is 0 Å². The molecule has 6 nitrogen and oxygen atoms in total. The maximum atomic E-state index is 13.1. The fraction of sp³-hybridized carbons (Fsp3) is 0.333. The van der Waals surface area contributed by atoms with E-state index in [1.165, 1.54) is 23.9 Å². The summed E-state index contributed by atoms with van der Waals surface area (Å²) in [5.41, 5.74) is 1.83. The molecule has 150 valence electrons. The van der Waals surface area contributed by atoms with Crippen molar-refractivity contribution in [1.82, 2.24) is 25.1 Å². The number of benzene rings is 1. The first-order valence-corrected chi connectivity index (χ1v) is 10.5. The van der Waals surface area contributed by atoms with E-state index in [2.05, 4.69) is 25.1 Å². The number of carbonyl (C=O) groups excluding carboxylic acids is 1. The van der Waals surface area contributed by atoms with E-state index >= 15 is 0 Å². The summed E-state index contributed by atoms with van der Waals surface area (Å²) < 4.78 is 15.2. The third kappa shape index (κ3) is 4.48. The van der Waals surface area contributed by atoms with Gasteiger partial charge in [-0.1, -0.05) is 23.9 Å². The van der Waals surface area contributed by atoms with Gasteiger partial charge in [-0.05, 0) is 56.5 Å².